The number of nitrogens with one attached hydrogen (secondary N) is 2. The summed E-state index contributed by atoms with van der Waals surface area (Å²) in [6.45, 7) is 6.05. The van der Waals surface area contributed by atoms with E-state index in [0.29, 0.717) is 29.5 Å². The summed E-state index contributed by atoms with van der Waals surface area (Å²) in [7, 11) is 0. The zero-order valence-electron chi connectivity index (χ0n) is 16.1. The van der Waals surface area contributed by atoms with Crippen molar-refractivity contribution in [3.63, 3.8) is 0 Å². The highest BCUT2D eigenvalue weighted by atomic mass is 32.1. The average Bonchev–Trinajstić information content (AvgIpc) is 3.20. The number of thiazole rings is 1. The molecule has 154 valence electrons. The molecule has 0 spiro atoms. The first-order valence-corrected chi connectivity index (χ1v) is 9.96. The first-order valence-electron chi connectivity index (χ1n) is 9.08. The largest absolute Gasteiger partial charge is 0.462 e. The molecule has 8 nitrogen and oxygen atoms in total. The molecule has 0 radical (unpaired) electrons. The number of rotatable bonds is 11. The van der Waals surface area contributed by atoms with Gasteiger partial charge in [-0.15, -0.1) is 17.9 Å². The standard InChI is InChI=1S/C20H23N3O5S/c1-3-5-11-27-18(25)14-6-8-15(9-7-14)22-17(24)12-28-19(26)16-13-29-20(23-16)21-10-4-2/h4,6-9,13H,2-3,5,10-12H2,1H3,(H,21,23)(H,22,24). The minimum Gasteiger partial charge on any atom is -0.462 e. The van der Waals surface area contributed by atoms with Crippen molar-refractivity contribution in [2.75, 3.05) is 30.4 Å². The van der Waals surface area contributed by atoms with Gasteiger partial charge in [0, 0.05) is 17.6 Å². The summed E-state index contributed by atoms with van der Waals surface area (Å²) in [5.41, 5.74) is 0.996. The number of carbonyl (C=O) groups is 3. The van der Waals surface area contributed by atoms with Gasteiger partial charge in [-0.05, 0) is 30.7 Å². The molecule has 1 heterocycles. The second-order valence-electron chi connectivity index (χ2n) is 5.90. The molecule has 0 saturated heterocycles. The Balaban J connectivity index is 1.78. The van der Waals surface area contributed by atoms with Gasteiger partial charge >= 0.3 is 11.9 Å². The summed E-state index contributed by atoms with van der Waals surface area (Å²) in [6, 6.07) is 6.27. The number of hydrogen-bond acceptors (Lipinski definition) is 8. The molecule has 0 aliphatic heterocycles. The van der Waals surface area contributed by atoms with Gasteiger partial charge in [0.1, 0.15) is 0 Å². The molecule has 29 heavy (non-hydrogen) atoms. The molecule has 0 fully saturated rings. The number of carbonyl (C=O) groups excluding carboxylic acids is 3. The molecule has 2 N–H and O–H groups in total. The maximum atomic E-state index is 12.0. The van der Waals surface area contributed by atoms with Crippen molar-refractivity contribution in [2.45, 2.75) is 19.8 Å². The van der Waals surface area contributed by atoms with Crippen LogP contribution in [-0.2, 0) is 14.3 Å². The third-order valence-corrected chi connectivity index (χ3v) is 4.38. The summed E-state index contributed by atoms with van der Waals surface area (Å²) in [5.74, 6) is -1.60. The summed E-state index contributed by atoms with van der Waals surface area (Å²) < 4.78 is 10.1. The van der Waals surface area contributed by atoms with Gasteiger partial charge in [0.25, 0.3) is 5.91 Å². The molecule has 2 rings (SSSR count). The number of nitrogens with zero attached hydrogens (tertiary/aromatic N) is 1. The van der Waals surface area contributed by atoms with Gasteiger partial charge < -0.3 is 20.1 Å². The molecular weight excluding hydrogens is 394 g/mol. The second kappa shape index (κ2) is 11.6. The van der Waals surface area contributed by atoms with E-state index in [1.54, 1.807) is 35.7 Å². The monoisotopic (exact) mass is 417 g/mol. The van der Waals surface area contributed by atoms with Gasteiger partial charge in [0.15, 0.2) is 17.4 Å². The van der Waals surface area contributed by atoms with E-state index in [4.69, 9.17) is 9.47 Å². The smallest absolute Gasteiger partial charge is 0.358 e. The SMILES string of the molecule is C=CCNc1nc(C(=O)OCC(=O)Nc2ccc(C(=O)OCCCC)cc2)cs1. The lowest BCUT2D eigenvalue weighted by molar-refractivity contribution is -0.119. The minimum absolute atomic E-state index is 0.125. The van der Waals surface area contributed by atoms with E-state index in [-0.39, 0.29) is 5.69 Å². The normalized spacial score (nSPS) is 10.1. The van der Waals surface area contributed by atoms with Crippen LogP contribution < -0.4 is 10.6 Å². The van der Waals surface area contributed by atoms with Crippen LogP contribution in [0.1, 0.15) is 40.6 Å². The number of hydrogen-bond donors (Lipinski definition) is 2. The predicted octanol–water partition coefficient (Wildman–Crippen LogP) is 3.49. The summed E-state index contributed by atoms with van der Waals surface area (Å²) in [4.78, 5) is 39.8. The summed E-state index contributed by atoms with van der Waals surface area (Å²) >= 11 is 1.26. The topological polar surface area (TPSA) is 107 Å². The van der Waals surface area contributed by atoms with Crippen LogP contribution >= 0.6 is 11.3 Å². The number of amides is 1. The summed E-state index contributed by atoms with van der Waals surface area (Å²) in [5, 5.41) is 7.66. The number of benzene rings is 1. The van der Waals surface area contributed by atoms with Crippen molar-refractivity contribution < 1.29 is 23.9 Å². The van der Waals surface area contributed by atoms with E-state index >= 15 is 0 Å². The third-order valence-electron chi connectivity index (χ3n) is 3.58. The molecule has 0 aliphatic rings. The van der Waals surface area contributed by atoms with Crippen molar-refractivity contribution in [2.24, 2.45) is 0 Å². The van der Waals surface area contributed by atoms with Crippen molar-refractivity contribution in [1.29, 1.82) is 0 Å². The van der Waals surface area contributed by atoms with Crippen LogP contribution in [0.2, 0.25) is 0 Å². The lowest BCUT2D eigenvalue weighted by atomic mass is 10.2. The number of anilines is 2. The molecule has 1 amide bonds. The maximum absolute atomic E-state index is 12.0. The van der Waals surface area contributed by atoms with E-state index in [2.05, 4.69) is 22.2 Å². The Morgan fingerprint density at radius 3 is 2.62 bits per heavy atom. The Labute approximate surface area is 172 Å². The van der Waals surface area contributed by atoms with Gasteiger partial charge in [0.2, 0.25) is 0 Å². The van der Waals surface area contributed by atoms with Crippen LogP contribution in [0.5, 0.6) is 0 Å². The molecular formula is C20H23N3O5S. The van der Waals surface area contributed by atoms with Gasteiger partial charge in [-0.1, -0.05) is 19.4 Å². The van der Waals surface area contributed by atoms with Crippen LogP contribution in [0.15, 0.2) is 42.3 Å². The maximum Gasteiger partial charge on any atom is 0.358 e. The van der Waals surface area contributed by atoms with E-state index in [1.807, 2.05) is 6.92 Å². The average molecular weight is 417 g/mol. The Morgan fingerprint density at radius 2 is 1.93 bits per heavy atom. The molecule has 1 aromatic heterocycles. The first-order chi connectivity index (χ1) is 14.0. The molecule has 0 aliphatic carbocycles. The number of esters is 2. The summed E-state index contributed by atoms with van der Waals surface area (Å²) in [6.07, 6.45) is 3.43. The Kier molecular flexibility index (Phi) is 8.84. The van der Waals surface area contributed by atoms with E-state index in [1.165, 1.54) is 11.3 Å². The van der Waals surface area contributed by atoms with Crippen LogP contribution in [0.4, 0.5) is 10.8 Å². The molecule has 0 saturated carbocycles. The minimum atomic E-state index is -0.687. The highest BCUT2D eigenvalue weighted by Gasteiger charge is 2.14. The van der Waals surface area contributed by atoms with Gasteiger partial charge in [0.05, 0.1) is 12.2 Å². The highest BCUT2D eigenvalue weighted by molar-refractivity contribution is 7.13. The van der Waals surface area contributed by atoms with Crippen LogP contribution in [-0.4, -0.2) is 42.6 Å². The van der Waals surface area contributed by atoms with Crippen molar-refractivity contribution in [3.05, 3.63) is 53.6 Å². The highest BCUT2D eigenvalue weighted by Crippen LogP contribution is 2.16. The second-order valence-corrected chi connectivity index (χ2v) is 6.76. The zero-order chi connectivity index (χ0) is 21.1. The van der Waals surface area contributed by atoms with Crippen LogP contribution in [0.3, 0.4) is 0 Å². The van der Waals surface area contributed by atoms with Gasteiger partial charge in [-0.3, -0.25) is 4.79 Å². The number of aromatic nitrogens is 1. The Hall–Kier alpha value is -3.20. The fourth-order valence-corrected chi connectivity index (χ4v) is 2.78. The van der Waals surface area contributed by atoms with Crippen LogP contribution in [0, 0.1) is 0 Å². The van der Waals surface area contributed by atoms with Gasteiger partial charge in [-0.25, -0.2) is 14.6 Å². The molecule has 0 unspecified atom stereocenters. The van der Waals surface area contributed by atoms with E-state index in [9.17, 15) is 14.4 Å². The molecule has 1 aromatic carbocycles. The van der Waals surface area contributed by atoms with Crippen molar-refractivity contribution >= 4 is 40.0 Å². The van der Waals surface area contributed by atoms with E-state index < -0.39 is 24.5 Å². The van der Waals surface area contributed by atoms with Crippen molar-refractivity contribution in [3.8, 4) is 0 Å². The molecule has 0 bridgehead atoms. The fourth-order valence-electron chi connectivity index (χ4n) is 2.09. The lowest BCUT2D eigenvalue weighted by Crippen LogP contribution is -2.21. The predicted molar refractivity (Wildman–Crippen MR) is 111 cm³/mol. The van der Waals surface area contributed by atoms with Crippen molar-refractivity contribution in [1.82, 2.24) is 4.98 Å². The van der Waals surface area contributed by atoms with E-state index in [0.717, 1.165) is 12.8 Å². The third kappa shape index (κ3) is 7.38. The number of ether oxygens (including phenoxy) is 2. The Bertz CT molecular complexity index is 848. The zero-order valence-corrected chi connectivity index (χ0v) is 16.9. The van der Waals surface area contributed by atoms with Gasteiger partial charge in [-0.2, -0.15) is 0 Å². The molecule has 2 aromatic rings. The molecule has 0 atom stereocenters. The Morgan fingerprint density at radius 1 is 1.17 bits per heavy atom. The lowest BCUT2D eigenvalue weighted by Gasteiger charge is -2.07. The first kappa shape index (κ1) is 22.1. The quantitative estimate of drug-likeness (QED) is 0.327. The number of unbranched alkanes of at least 4 members (excludes halogenated alkanes) is 1. The van der Waals surface area contributed by atoms with Crippen LogP contribution in [0.25, 0.3) is 0 Å². The molecule has 9 heteroatoms. The fraction of sp³-hybridized carbons (Fsp3) is 0.300.